The first kappa shape index (κ1) is 14.5. The monoisotopic (exact) mass is 318 g/mol. The third-order valence-corrected chi connectivity index (χ3v) is 3.92. The third-order valence-electron chi connectivity index (χ3n) is 3.92. The fourth-order valence-electron chi connectivity index (χ4n) is 2.85. The molecule has 0 aliphatic heterocycles. The molecule has 120 valence electrons. The summed E-state index contributed by atoms with van der Waals surface area (Å²) in [6.07, 6.45) is 3.77. The van der Waals surface area contributed by atoms with Gasteiger partial charge in [0.15, 0.2) is 0 Å². The molecule has 0 spiro atoms. The van der Waals surface area contributed by atoms with E-state index in [1.807, 2.05) is 50.4 Å². The number of H-pyrrole nitrogens is 1. The van der Waals surface area contributed by atoms with Crippen LogP contribution in [0.25, 0.3) is 33.1 Å². The Labute approximate surface area is 139 Å². The highest BCUT2D eigenvalue weighted by molar-refractivity contribution is 6.07. The summed E-state index contributed by atoms with van der Waals surface area (Å²) in [6.45, 7) is 4.03. The van der Waals surface area contributed by atoms with Gasteiger partial charge in [0.2, 0.25) is 0 Å². The zero-order valence-electron chi connectivity index (χ0n) is 13.6. The Kier molecular flexibility index (Phi) is 3.34. The van der Waals surface area contributed by atoms with Gasteiger partial charge in [0.05, 0.1) is 17.8 Å². The number of pyridine rings is 2. The molecule has 0 unspecified atom stereocenters. The van der Waals surface area contributed by atoms with Crippen LogP contribution in [0.2, 0.25) is 0 Å². The van der Waals surface area contributed by atoms with Crippen LogP contribution in [0.15, 0.2) is 48.8 Å². The Bertz CT molecular complexity index is 1020. The number of hydrogen-bond acceptors (Lipinski definition) is 4. The minimum atomic E-state index is 0.166. The van der Waals surface area contributed by atoms with Gasteiger partial charge in [0.1, 0.15) is 17.2 Å². The lowest BCUT2D eigenvalue weighted by molar-refractivity contribution is 0.242. The van der Waals surface area contributed by atoms with Crippen LogP contribution in [-0.4, -0.2) is 21.1 Å². The lowest BCUT2D eigenvalue weighted by atomic mass is 10.1. The Morgan fingerprint density at radius 3 is 2.50 bits per heavy atom. The second-order valence-corrected chi connectivity index (χ2v) is 6.09. The number of benzene rings is 1. The molecule has 0 bridgehead atoms. The number of nitrogen functional groups attached to an aromatic ring is 1. The smallest absolute Gasteiger partial charge is 0.138 e. The molecule has 5 nitrogen and oxygen atoms in total. The molecule has 3 heterocycles. The lowest BCUT2D eigenvalue weighted by Crippen LogP contribution is -2.05. The molecule has 1 aromatic carbocycles. The van der Waals surface area contributed by atoms with Gasteiger partial charge in [-0.1, -0.05) is 12.1 Å². The molecule has 0 radical (unpaired) electrons. The van der Waals surface area contributed by atoms with E-state index in [1.165, 1.54) is 0 Å². The van der Waals surface area contributed by atoms with E-state index in [1.54, 1.807) is 6.20 Å². The molecule has 24 heavy (non-hydrogen) atoms. The maximum Gasteiger partial charge on any atom is 0.138 e. The highest BCUT2D eigenvalue weighted by Gasteiger charge is 2.08. The lowest BCUT2D eigenvalue weighted by Gasteiger charge is -2.10. The molecule has 0 atom stereocenters. The summed E-state index contributed by atoms with van der Waals surface area (Å²) < 4.78 is 5.69. The molecule has 0 aliphatic rings. The van der Waals surface area contributed by atoms with E-state index >= 15 is 0 Å². The van der Waals surface area contributed by atoms with Gasteiger partial charge >= 0.3 is 0 Å². The Hall–Kier alpha value is -3.08. The molecule has 0 amide bonds. The maximum atomic E-state index is 5.82. The predicted octanol–water partition coefficient (Wildman–Crippen LogP) is 4.15. The highest BCUT2D eigenvalue weighted by atomic mass is 16.5. The minimum Gasteiger partial charge on any atom is -0.491 e. The van der Waals surface area contributed by atoms with Crippen molar-refractivity contribution in [2.75, 3.05) is 5.73 Å². The van der Waals surface area contributed by atoms with E-state index < -0.39 is 0 Å². The van der Waals surface area contributed by atoms with Crippen LogP contribution in [0.1, 0.15) is 13.8 Å². The van der Waals surface area contributed by atoms with E-state index in [0.29, 0.717) is 5.82 Å². The standard InChI is InChI=1S/C19H18N4O/c1-11(2)24-14-5-3-12(4-6-14)13-7-16-15-8-18(20)21-10-17(15)23-19(16)22-9-13/h3-11H,1-2H3,(H2,20,21)(H,22,23). The summed E-state index contributed by atoms with van der Waals surface area (Å²) in [7, 11) is 0. The molecular weight excluding hydrogens is 300 g/mol. The minimum absolute atomic E-state index is 0.166. The number of nitrogens with two attached hydrogens (primary N) is 1. The van der Waals surface area contributed by atoms with Gasteiger partial charge in [-0.25, -0.2) is 9.97 Å². The van der Waals surface area contributed by atoms with Gasteiger partial charge < -0.3 is 15.5 Å². The molecule has 4 aromatic rings. The zero-order valence-corrected chi connectivity index (χ0v) is 13.6. The van der Waals surface area contributed by atoms with Crippen molar-refractivity contribution < 1.29 is 4.74 Å². The number of nitrogens with one attached hydrogen (secondary N) is 1. The largest absolute Gasteiger partial charge is 0.491 e. The van der Waals surface area contributed by atoms with Gasteiger partial charge in [-0.3, -0.25) is 0 Å². The summed E-state index contributed by atoms with van der Waals surface area (Å²) in [5.41, 5.74) is 9.73. The predicted molar refractivity (Wildman–Crippen MR) is 97.0 cm³/mol. The van der Waals surface area contributed by atoms with Gasteiger partial charge in [0, 0.05) is 22.5 Å². The quantitative estimate of drug-likeness (QED) is 0.595. The summed E-state index contributed by atoms with van der Waals surface area (Å²) in [6, 6.07) is 12.1. The summed E-state index contributed by atoms with van der Waals surface area (Å²) in [4.78, 5) is 11.9. The van der Waals surface area contributed by atoms with Gasteiger partial charge in [-0.2, -0.15) is 0 Å². The number of rotatable bonds is 3. The fourth-order valence-corrected chi connectivity index (χ4v) is 2.85. The average molecular weight is 318 g/mol. The van der Waals surface area contributed by atoms with Crippen molar-refractivity contribution in [3.8, 4) is 16.9 Å². The number of aromatic nitrogens is 3. The number of ether oxygens (including phenoxy) is 1. The van der Waals surface area contributed by atoms with E-state index in [-0.39, 0.29) is 6.10 Å². The first-order chi connectivity index (χ1) is 11.6. The molecular formula is C19H18N4O. The SMILES string of the molecule is CC(C)Oc1ccc(-c2cnc3[nH]c4cnc(N)cc4c3c2)cc1. The highest BCUT2D eigenvalue weighted by Crippen LogP contribution is 2.29. The first-order valence-electron chi connectivity index (χ1n) is 7.90. The van der Waals surface area contributed by atoms with Crippen LogP contribution in [0.3, 0.4) is 0 Å². The van der Waals surface area contributed by atoms with Crippen LogP contribution in [-0.2, 0) is 0 Å². The van der Waals surface area contributed by atoms with Crippen LogP contribution >= 0.6 is 0 Å². The average Bonchev–Trinajstić information content (AvgIpc) is 2.92. The molecule has 5 heteroatoms. The maximum absolute atomic E-state index is 5.82. The topological polar surface area (TPSA) is 76.8 Å². The Balaban J connectivity index is 1.79. The summed E-state index contributed by atoms with van der Waals surface area (Å²) in [5.74, 6) is 1.37. The first-order valence-corrected chi connectivity index (χ1v) is 7.90. The number of hydrogen-bond donors (Lipinski definition) is 2. The van der Waals surface area contributed by atoms with Gasteiger partial charge in [-0.05, 0) is 43.7 Å². The van der Waals surface area contributed by atoms with E-state index in [0.717, 1.165) is 38.8 Å². The van der Waals surface area contributed by atoms with Crippen LogP contribution in [0, 0.1) is 0 Å². The Morgan fingerprint density at radius 2 is 1.75 bits per heavy atom. The molecule has 0 saturated carbocycles. The number of aromatic amines is 1. The number of fused-ring (bicyclic) bond motifs is 3. The molecule has 3 N–H and O–H groups in total. The molecule has 0 fully saturated rings. The Morgan fingerprint density at radius 1 is 0.958 bits per heavy atom. The van der Waals surface area contributed by atoms with Crippen LogP contribution in [0.4, 0.5) is 5.82 Å². The molecule has 3 aromatic heterocycles. The summed E-state index contributed by atoms with van der Waals surface area (Å²) >= 11 is 0. The van der Waals surface area contributed by atoms with Crippen molar-refractivity contribution in [1.29, 1.82) is 0 Å². The zero-order chi connectivity index (χ0) is 16.7. The number of anilines is 1. The normalized spacial score (nSPS) is 11.5. The van der Waals surface area contributed by atoms with E-state index in [9.17, 15) is 0 Å². The third kappa shape index (κ3) is 2.54. The van der Waals surface area contributed by atoms with E-state index in [2.05, 4.69) is 21.0 Å². The van der Waals surface area contributed by atoms with Crippen molar-refractivity contribution in [3.05, 3.63) is 48.8 Å². The van der Waals surface area contributed by atoms with Crippen molar-refractivity contribution in [2.24, 2.45) is 0 Å². The second kappa shape index (κ2) is 5.53. The molecule has 0 saturated heterocycles. The van der Waals surface area contributed by atoms with Crippen molar-refractivity contribution in [2.45, 2.75) is 20.0 Å². The van der Waals surface area contributed by atoms with Crippen LogP contribution in [0.5, 0.6) is 5.75 Å². The van der Waals surface area contributed by atoms with Crippen LogP contribution < -0.4 is 10.5 Å². The van der Waals surface area contributed by atoms with Gasteiger partial charge in [0.25, 0.3) is 0 Å². The number of nitrogens with zero attached hydrogens (tertiary/aromatic N) is 2. The van der Waals surface area contributed by atoms with Gasteiger partial charge in [-0.15, -0.1) is 0 Å². The van der Waals surface area contributed by atoms with Crippen molar-refractivity contribution in [3.63, 3.8) is 0 Å². The summed E-state index contributed by atoms with van der Waals surface area (Å²) in [5, 5.41) is 2.07. The van der Waals surface area contributed by atoms with Crippen molar-refractivity contribution in [1.82, 2.24) is 15.0 Å². The molecule has 4 rings (SSSR count). The fraction of sp³-hybridized carbons (Fsp3) is 0.158. The molecule has 0 aliphatic carbocycles. The van der Waals surface area contributed by atoms with E-state index in [4.69, 9.17) is 10.5 Å². The van der Waals surface area contributed by atoms with Crippen molar-refractivity contribution >= 4 is 27.8 Å². The second-order valence-electron chi connectivity index (χ2n) is 6.09.